The number of nitrogens with zero attached hydrogens (tertiary/aromatic N) is 5. The van der Waals surface area contributed by atoms with Crippen molar-refractivity contribution >= 4 is 11.8 Å². The number of amides is 2. The van der Waals surface area contributed by atoms with Crippen LogP contribution in [0.15, 0.2) is 12.4 Å². The Bertz CT molecular complexity index is 789. The molecule has 28 heavy (non-hydrogen) atoms. The maximum atomic E-state index is 12.9. The molecular weight excluding hydrogens is 362 g/mol. The molecule has 0 aliphatic carbocycles. The van der Waals surface area contributed by atoms with Gasteiger partial charge in [-0.15, -0.1) is 0 Å². The Balaban J connectivity index is 1.33. The van der Waals surface area contributed by atoms with Crippen molar-refractivity contribution in [1.82, 2.24) is 19.8 Å². The number of nitriles is 1. The third-order valence-corrected chi connectivity index (χ3v) is 5.64. The lowest BCUT2D eigenvalue weighted by Gasteiger charge is -2.31. The molecule has 148 valence electrons. The van der Waals surface area contributed by atoms with E-state index in [0.717, 1.165) is 12.8 Å². The van der Waals surface area contributed by atoms with E-state index in [2.05, 4.69) is 9.97 Å². The Labute approximate surface area is 163 Å². The van der Waals surface area contributed by atoms with E-state index >= 15 is 0 Å². The second kappa shape index (κ2) is 8.10. The molecule has 1 aromatic rings. The van der Waals surface area contributed by atoms with Crippen LogP contribution in [0.5, 0.6) is 5.88 Å². The first kappa shape index (κ1) is 18.6. The standard InChI is InChI=1S/C19H23N5O4/c20-10-16-18(22-5-4-21-16)28-15-1-6-23(12-15)19(26)13-9-17(25)24(11-13)14-2-7-27-8-3-14/h4-5,13-15H,1-3,6-9,11-12H2/t13-,15-/m0/s1. The summed E-state index contributed by atoms with van der Waals surface area (Å²) < 4.78 is 11.2. The number of likely N-dealkylation sites (tertiary alicyclic amines) is 2. The fourth-order valence-electron chi connectivity index (χ4n) is 4.18. The van der Waals surface area contributed by atoms with Crippen LogP contribution in [0.4, 0.5) is 0 Å². The third-order valence-electron chi connectivity index (χ3n) is 5.64. The number of carbonyl (C=O) groups is 2. The normalized spacial score (nSPS) is 25.8. The molecule has 3 fully saturated rings. The molecule has 0 bridgehead atoms. The van der Waals surface area contributed by atoms with Crippen LogP contribution in [0, 0.1) is 17.2 Å². The van der Waals surface area contributed by atoms with Gasteiger partial charge in [0.15, 0.2) is 0 Å². The van der Waals surface area contributed by atoms with Gasteiger partial charge in [-0.05, 0) is 12.8 Å². The van der Waals surface area contributed by atoms with Gasteiger partial charge in [-0.1, -0.05) is 0 Å². The van der Waals surface area contributed by atoms with Crippen LogP contribution in [0.25, 0.3) is 0 Å². The van der Waals surface area contributed by atoms with E-state index in [9.17, 15) is 9.59 Å². The Kier molecular flexibility index (Phi) is 5.39. The maximum absolute atomic E-state index is 12.9. The molecule has 0 radical (unpaired) electrons. The van der Waals surface area contributed by atoms with Crippen molar-refractivity contribution in [3.63, 3.8) is 0 Å². The number of hydrogen-bond acceptors (Lipinski definition) is 7. The largest absolute Gasteiger partial charge is 0.470 e. The zero-order chi connectivity index (χ0) is 19.5. The molecule has 2 amide bonds. The molecule has 3 aliphatic heterocycles. The summed E-state index contributed by atoms with van der Waals surface area (Å²) in [5, 5.41) is 9.09. The summed E-state index contributed by atoms with van der Waals surface area (Å²) in [6.45, 7) is 2.85. The summed E-state index contributed by atoms with van der Waals surface area (Å²) in [6, 6.07) is 2.15. The lowest BCUT2D eigenvalue weighted by molar-refractivity contribution is -0.135. The predicted octanol–water partition coefficient (Wildman–Crippen LogP) is 0.355. The van der Waals surface area contributed by atoms with Crippen LogP contribution in [-0.4, -0.2) is 76.6 Å². The molecule has 3 aliphatic rings. The molecule has 3 saturated heterocycles. The van der Waals surface area contributed by atoms with Crippen molar-refractivity contribution in [2.45, 2.75) is 37.8 Å². The van der Waals surface area contributed by atoms with E-state index in [1.165, 1.54) is 12.4 Å². The monoisotopic (exact) mass is 385 g/mol. The highest BCUT2D eigenvalue weighted by Gasteiger charge is 2.41. The lowest BCUT2D eigenvalue weighted by atomic mass is 10.1. The molecule has 9 nitrogen and oxygen atoms in total. The molecule has 0 spiro atoms. The highest BCUT2D eigenvalue weighted by atomic mass is 16.5. The first-order valence-electron chi connectivity index (χ1n) is 9.69. The first-order chi connectivity index (χ1) is 13.7. The molecule has 1 aromatic heterocycles. The van der Waals surface area contributed by atoms with Crippen LogP contribution >= 0.6 is 0 Å². The highest BCUT2D eigenvalue weighted by molar-refractivity contribution is 5.89. The summed E-state index contributed by atoms with van der Waals surface area (Å²) in [4.78, 5) is 37.0. The summed E-state index contributed by atoms with van der Waals surface area (Å²) in [5.74, 6) is -0.0181. The average Bonchev–Trinajstić information content (AvgIpc) is 3.35. The number of aromatic nitrogens is 2. The average molecular weight is 385 g/mol. The lowest BCUT2D eigenvalue weighted by Crippen LogP contribution is -2.42. The van der Waals surface area contributed by atoms with Crippen molar-refractivity contribution in [2.24, 2.45) is 5.92 Å². The Morgan fingerprint density at radius 1 is 1.21 bits per heavy atom. The predicted molar refractivity (Wildman–Crippen MR) is 96.0 cm³/mol. The summed E-state index contributed by atoms with van der Waals surface area (Å²) in [6.07, 6.45) is 5.31. The molecule has 4 rings (SSSR count). The fraction of sp³-hybridized carbons (Fsp3) is 0.632. The Morgan fingerprint density at radius 2 is 2.00 bits per heavy atom. The first-order valence-corrected chi connectivity index (χ1v) is 9.69. The van der Waals surface area contributed by atoms with E-state index in [0.29, 0.717) is 39.3 Å². The van der Waals surface area contributed by atoms with Crippen molar-refractivity contribution in [3.05, 3.63) is 18.1 Å². The molecule has 0 saturated carbocycles. The van der Waals surface area contributed by atoms with Gasteiger partial charge in [-0.25, -0.2) is 9.97 Å². The summed E-state index contributed by atoms with van der Waals surface area (Å²) in [5.41, 5.74) is 0.140. The number of ether oxygens (including phenoxy) is 2. The third kappa shape index (κ3) is 3.78. The topological polar surface area (TPSA) is 109 Å². The van der Waals surface area contributed by atoms with Gasteiger partial charge in [0.05, 0.1) is 12.5 Å². The van der Waals surface area contributed by atoms with Gasteiger partial charge in [0.2, 0.25) is 17.5 Å². The van der Waals surface area contributed by atoms with Crippen molar-refractivity contribution in [1.29, 1.82) is 5.26 Å². The number of carbonyl (C=O) groups excluding carboxylic acids is 2. The molecule has 9 heteroatoms. The van der Waals surface area contributed by atoms with Gasteiger partial charge in [-0.3, -0.25) is 9.59 Å². The zero-order valence-corrected chi connectivity index (χ0v) is 15.6. The second-order valence-corrected chi connectivity index (χ2v) is 7.43. The molecule has 0 aromatic carbocycles. The van der Waals surface area contributed by atoms with Crippen molar-refractivity contribution < 1.29 is 19.1 Å². The zero-order valence-electron chi connectivity index (χ0n) is 15.6. The molecule has 4 heterocycles. The number of rotatable bonds is 4. The summed E-state index contributed by atoms with van der Waals surface area (Å²) >= 11 is 0. The molecule has 2 atom stereocenters. The van der Waals surface area contributed by atoms with Crippen LogP contribution in [0.3, 0.4) is 0 Å². The molecule has 0 unspecified atom stereocenters. The summed E-state index contributed by atoms with van der Waals surface area (Å²) in [7, 11) is 0. The smallest absolute Gasteiger partial charge is 0.251 e. The minimum absolute atomic E-state index is 0.00802. The van der Waals surface area contributed by atoms with E-state index < -0.39 is 0 Å². The second-order valence-electron chi connectivity index (χ2n) is 7.43. The van der Waals surface area contributed by atoms with Gasteiger partial charge in [0.25, 0.3) is 5.88 Å². The Morgan fingerprint density at radius 3 is 2.79 bits per heavy atom. The minimum atomic E-state index is -0.291. The van der Waals surface area contributed by atoms with Crippen molar-refractivity contribution in [2.75, 3.05) is 32.8 Å². The fourth-order valence-corrected chi connectivity index (χ4v) is 4.18. The van der Waals surface area contributed by atoms with E-state index in [1.54, 1.807) is 4.90 Å². The highest BCUT2D eigenvalue weighted by Crippen LogP contribution is 2.28. The van der Waals surface area contributed by atoms with Crippen LogP contribution in [-0.2, 0) is 14.3 Å². The van der Waals surface area contributed by atoms with E-state index in [4.69, 9.17) is 14.7 Å². The van der Waals surface area contributed by atoms with Gasteiger partial charge in [0.1, 0.15) is 12.2 Å². The Hall–Kier alpha value is -2.73. The van der Waals surface area contributed by atoms with Crippen LogP contribution in [0.1, 0.15) is 31.4 Å². The maximum Gasteiger partial charge on any atom is 0.251 e. The van der Waals surface area contributed by atoms with Gasteiger partial charge in [0, 0.05) is 57.6 Å². The van der Waals surface area contributed by atoms with Crippen LogP contribution < -0.4 is 4.74 Å². The van der Waals surface area contributed by atoms with Gasteiger partial charge in [-0.2, -0.15) is 5.26 Å². The van der Waals surface area contributed by atoms with Gasteiger partial charge < -0.3 is 19.3 Å². The minimum Gasteiger partial charge on any atom is -0.470 e. The van der Waals surface area contributed by atoms with E-state index in [1.807, 2.05) is 11.0 Å². The number of hydrogen-bond donors (Lipinski definition) is 0. The quantitative estimate of drug-likeness (QED) is 0.736. The SMILES string of the molecule is N#Cc1nccnc1O[C@H]1CCN(C(=O)[C@H]2CC(=O)N(C3CCOCC3)C2)C1. The van der Waals surface area contributed by atoms with E-state index in [-0.39, 0.29) is 47.9 Å². The molecule has 0 N–H and O–H groups in total. The van der Waals surface area contributed by atoms with Gasteiger partial charge >= 0.3 is 0 Å². The van der Waals surface area contributed by atoms with Crippen molar-refractivity contribution in [3.8, 4) is 11.9 Å². The van der Waals surface area contributed by atoms with Crippen LogP contribution in [0.2, 0.25) is 0 Å². The molecular formula is C19H23N5O4.